The van der Waals surface area contributed by atoms with Gasteiger partial charge in [0, 0.05) is 24.6 Å². The maximum Gasteiger partial charge on any atom is 0.303 e. The first-order valence-corrected chi connectivity index (χ1v) is 8.53. The van der Waals surface area contributed by atoms with Gasteiger partial charge in [-0.3, -0.25) is 9.59 Å². The van der Waals surface area contributed by atoms with Gasteiger partial charge in [-0.15, -0.1) is 0 Å². The highest BCUT2D eigenvalue weighted by atomic mass is 32.2. The van der Waals surface area contributed by atoms with Crippen LogP contribution < -0.4 is 10.1 Å². The van der Waals surface area contributed by atoms with Crippen molar-refractivity contribution in [2.75, 3.05) is 12.9 Å². The molecule has 2 N–H and O–H groups in total. The summed E-state index contributed by atoms with van der Waals surface area (Å²) < 4.78 is 5.45. The van der Waals surface area contributed by atoms with Gasteiger partial charge < -0.3 is 15.2 Å². The van der Waals surface area contributed by atoms with Gasteiger partial charge in [-0.25, -0.2) is 0 Å². The molecule has 1 aromatic rings. The van der Waals surface area contributed by atoms with E-state index in [1.54, 1.807) is 11.8 Å². The third-order valence-electron chi connectivity index (χ3n) is 3.09. The van der Waals surface area contributed by atoms with E-state index in [2.05, 4.69) is 5.32 Å². The van der Waals surface area contributed by atoms with Gasteiger partial charge in [0.15, 0.2) is 0 Å². The minimum Gasteiger partial charge on any atom is -0.494 e. The number of thioether (sulfide) groups is 1. The Labute approximate surface area is 135 Å². The maximum absolute atomic E-state index is 11.7. The summed E-state index contributed by atoms with van der Waals surface area (Å²) in [7, 11) is 0. The highest BCUT2D eigenvalue weighted by molar-refractivity contribution is 7.99. The van der Waals surface area contributed by atoms with Crippen molar-refractivity contribution < 1.29 is 19.4 Å². The molecular formula is C16H23NO4S. The Morgan fingerprint density at radius 1 is 1.32 bits per heavy atom. The van der Waals surface area contributed by atoms with Gasteiger partial charge in [-0.1, -0.05) is 19.1 Å². The van der Waals surface area contributed by atoms with E-state index in [4.69, 9.17) is 9.84 Å². The second kappa shape index (κ2) is 10.1. The predicted octanol–water partition coefficient (Wildman–Crippen LogP) is 2.69. The largest absolute Gasteiger partial charge is 0.494 e. The van der Waals surface area contributed by atoms with E-state index in [1.807, 2.05) is 37.4 Å². The molecule has 0 saturated heterocycles. The van der Waals surface area contributed by atoms with E-state index in [-0.39, 0.29) is 12.3 Å². The monoisotopic (exact) mass is 325 g/mol. The molecule has 122 valence electrons. The molecule has 6 heteroatoms. The van der Waals surface area contributed by atoms with E-state index in [0.717, 1.165) is 5.56 Å². The van der Waals surface area contributed by atoms with Crippen LogP contribution in [0.5, 0.6) is 5.75 Å². The van der Waals surface area contributed by atoms with Crippen molar-refractivity contribution in [3.63, 3.8) is 0 Å². The molecule has 0 radical (unpaired) electrons. The molecule has 1 atom stereocenters. The number of carbonyl (C=O) groups is 2. The molecule has 0 aliphatic heterocycles. The van der Waals surface area contributed by atoms with Crippen LogP contribution in [0.4, 0.5) is 0 Å². The quantitative estimate of drug-likeness (QED) is 0.647. The molecule has 0 saturated carbocycles. The summed E-state index contributed by atoms with van der Waals surface area (Å²) in [5.74, 6) is -0.0576. The molecule has 0 heterocycles. The third-order valence-corrected chi connectivity index (χ3v) is 4.06. The summed E-state index contributed by atoms with van der Waals surface area (Å²) in [5, 5.41) is 11.7. The molecule has 0 spiro atoms. The Hall–Kier alpha value is -1.69. The van der Waals surface area contributed by atoms with E-state index in [0.29, 0.717) is 37.0 Å². The number of hydrogen-bond donors (Lipinski definition) is 2. The molecular weight excluding hydrogens is 302 g/mol. The second-order valence-electron chi connectivity index (χ2n) is 5.02. The van der Waals surface area contributed by atoms with E-state index in [9.17, 15) is 9.59 Å². The molecule has 0 fully saturated rings. The zero-order valence-corrected chi connectivity index (χ0v) is 13.8. The van der Waals surface area contributed by atoms with Gasteiger partial charge in [-0.2, -0.15) is 11.8 Å². The Morgan fingerprint density at radius 3 is 2.59 bits per heavy atom. The highest BCUT2D eigenvalue weighted by Crippen LogP contribution is 2.13. The fourth-order valence-electron chi connectivity index (χ4n) is 1.73. The molecule has 1 rings (SSSR count). The fraction of sp³-hybridized carbons (Fsp3) is 0.500. The van der Waals surface area contributed by atoms with Crippen LogP contribution in [0.25, 0.3) is 0 Å². The number of amides is 1. The second-order valence-corrected chi connectivity index (χ2v) is 6.29. The van der Waals surface area contributed by atoms with Crippen molar-refractivity contribution in [1.29, 1.82) is 0 Å². The first-order chi connectivity index (χ1) is 10.5. The van der Waals surface area contributed by atoms with Crippen LogP contribution >= 0.6 is 11.8 Å². The van der Waals surface area contributed by atoms with Gasteiger partial charge in [0.2, 0.25) is 5.91 Å². The first-order valence-electron chi connectivity index (χ1n) is 7.24. The number of hydrogen-bond acceptors (Lipinski definition) is 4. The van der Waals surface area contributed by atoms with Crippen LogP contribution in [-0.2, 0) is 16.1 Å². The summed E-state index contributed by atoms with van der Waals surface area (Å²) >= 11 is 1.67. The van der Waals surface area contributed by atoms with Gasteiger partial charge in [-0.05, 0) is 30.4 Å². The normalized spacial score (nSPS) is 11.7. The fourth-order valence-corrected chi connectivity index (χ4v) is 2.05. The van der Waals surface area contributed by atoms with E-state index < -0.39 is 5.97 Å². The Bertz CT molecular complexity index is 476. The standard InChI is InChI=1S/C16H23NO4S/c1-12(22-2)10-15(18)17-11-13-5-7-14(8-6-13)21-9-3-4-16(19)20/h5-8,12H,3-4,9-11H2,1-2H3,(H,17,18)(H,19,20). The summed E-state index contributed by atoms with van der Waals surface area (Å²) in [4.78, 5) is 22.1. The average Bonchev–Trinajstić information content (AvgIpc) is 2.50. The molecule has 22 heavy (non-hydrogen) atoms. The number of carbonyl (C=O) groups excluding carboxylic acids is 1. The molecule has 0 bridgehead atoms. The lowest BCUT2D eigenvalue weighted by Crippen LogP contribution is -2.25. The smallest absolute Gasteiger partial charge is 0.303 e. The number of ether oxygens (including phenoxy) is 1. The van der Waals surface area contributed by atoms with Crippen LogP contribution in [0, 0.1) is 0 Å². The van der Waals surface area contributed by atoms with Crippen LogP contribution in [0.15, 0.2) is 24.3 Å². The number of benzene rings is 1. The Kier molecular flexibility index (Phi) is 8.43. The minimum atomic E-state index is -0.814. The molecule has 0 aliphatic carbocycles. The summed E-state index contributed by atoms with van der Waals surface area (Å²) in [6.45, 7) is 2.91. The van der Waals surface area contributed by atoms with E-state index in [1.165, 1.54) is 0 Å². The SMILES string of the molecule is CSC(C)CC(=O)NCc1ccc(OCCCC(=O)O)cc1. The zero-order valence-electron chi connectivity index (χ0n) is 13.0. The average molecular weight is 325 g/mol. The van der Waals surface area contributed by atoms with Gasteiger partial charge >= 0.3 is 5.97 Å². The molecule has 5 nitrogen and oxygen atoms in total. The zero-order chi connectivity index (χ0) is 16.4. The minimum absolute atomic E-state index is 0.0517. The summed E-state index contributed by atoms with van der Waals surface area (Å²) in [6, 6.07) is 7.44. The lowest BCUT2D eigenvalue weighted by Gasteiger charge is -2.10. The number of rotatable bonds is 10. The molecule has 1 unspecified atom stereocenters. The molecule has 1 aromatic carbocycles. The number of carboxylic acid groups (broad SMARTS) is 1. The predicted molar refractivity (Wildman–Crippen MR) is 88.2 cm³/mol. The van der Waals surface area contributed by atoms with Crippen molar-refractivity contribution in [1.82, 2.24) is 5.32 Å². The number of carboxylic acids is 1. The Balaban J connectivity index is 2.29. The first kappa shape index (κ1) is 18.4. The lowest BCUT2D eigenvalue weighted by molar-refractivity contribution is -0.137. The maximum atomic E-state index is 11.7. The summed E-state index contributed by atoms with van der Waals surface area (Å²) in [5.41, 5.74) is 1.00. The number of nitrogens with one attached hydrogen (secondary N) is 1. The molecule has 0 aliphatic rings. The van der Waals surface area contributed by atoms with Crippen molar-refractivity contribution in [3.05, 3.63) is 29.8 Å². The highest BCUT2D eigenvalue weighted by Gasteiger charge is 2.07. The van der Waals surface area contributed by atoms with Gasteiger partial charge in [0.1, 0.15) is 5.75 Å². The molecule has 1 amide bonds. The third kappa shape index (κ3) is 7.93. The van der Waals surface area contributed by atoms with Crippen molar-refractivity contribution in [3.8, 4) is 5.75 Å². The topological polar surface area (TPSA) is 75.6 Å². The summed E-state index contributed by atoms with van der Waals surface area (Å²) in [6.07, 6.45) is 3.11. The Morgan fingerprint density at radius 2 is 2.00 bits per heavy atom. The van der Waals surface area contributed by atoms with Gasteiger partial charge in [0.25, 0.3) is 0 Å². The van der Waals surface area contributed by atoms with Crippen LogP contribution in [0.1, 0.15) is 31.7 Å². The van der Waals surface area contributed by atoms with Crippen LogP contribution in [-0.4, -0.2) is 35.1 Å². The van der Waals surface area contributed by atoms with Gasteiger partial charge in [0.05, 0.1) is 6.61 Å². The lowest BCUT2D eigenvalue weighted by atomic mass is 10.2. The van der Waals surface area contributed by atoms with Crippen molar-refractivity contribution >= 4 is 23.6 Å². The van der Waals surface area contributed by atoms with E-state index >= 15 is 0 Å². The van der Waals surface area contributed by atoms with Crippen LogP contribution in [0.3, 0.4) is 0 Å². The van der Waals surface area contributed by atoms with Crippen molar-refractivity contribution in [2.45, 2.75) is 38.0 Å². The van der Waals surface area contributed by atoms with Crippen molar-refractivity contribution in [2.24, 2.45) is 0 Å². The van der Waals surface area contributed by atoms with Crippen LogP contribution in [0.2, 0.25) is 0 Å². The molecule has 0 aromatic heterocycles. The number of aliphatic carboxylic acids is 1.